The zero-order chi connectivity index (χ0) is 12.1. The van der Waals surface area contributed by atoms with Crippen LogP contribution >= 0.6 is 11.3 Å². The van der Waals surface area contributed by atoms with Gasteiger partial charge < -0.3 is 4.74 Å². The van der Waals surface area contributed by atoms with Gasteiger partial charge in [-0.05, 0) is 12.0 Å². The third-order valence-electron chi connectivity index (χ3n) is 2.28. The molecule has 88 valence electrons. The van der Waals surface area contributed by atoms with E-state index in [1.54, 1.807) is 5.38 Å². The minimum absolute atomic E-state index is 0.290. The van der Waals surface area contributed by atoms with Gasteiger partial charge in [0.1, 0.15) is 6.61 Å². The van der Waals surface area contributed by atoms with Crippen LogP contribution in [0.5, 0.6) is 0 Å². The predicted molar refractivity (Wildman–Crippen MR) is 67.1 cm³/mol. The molecule has 0 aliphatic heterocycles. The van der Waals surface area contributed by atoms with Crippen molar-refractivity contribution < 1.29 is 9.53 Å². The van der Waals surface area contributed by atoms with Crippen molar-refractivity contribution in [2.75, 3.05) is 0 Å². The van der Waals surface area contributed by atoms with E-state index in [0.717, 1.165) is 17.0 Å². The summed E-state index contributed by atoms with van der Waals surface area (Å²) in [5.74, 6) is -0.357. The van der Waals surface area contributed by atoms with Gasteiger partial charge in [0, 0.05) is 5.38 Å². The van der Waals surface area contributed by atoms with Crippen LogP contribution in [0.2, 0.25) is 0 Å². The number of rotatable bonds is 4. The number of carbonyl (C=O) groups is 1. The molecule has 1 heterocycles. The van der Waals surface area contributed by atoms with Crippen LogP contribution < -0.4 is 0 Å². The van der Waals surface area contributed by atoms with Crippen LogP contribution in [-0.4, -0.2) is 11.0 Å². The molecule has 2 rings (SSSR count). The van der Waals surface area contributed by atoms with Crippen LogP contribution in [0, 0.1) is 0 Å². The largest absolute Gasteiger partial charge is 0.456 e. The molecule has 0 N–H and O–H groups in total. The summed E-state index contributed by atoms with van der Waals surface area (Å²) in [5.41, 5.74) is 1.38. The van der Waals surface area contributed by atoms with Crippen molar-refractivity contribution in [2.24, 2.45) is 0 Å². The van der Waals surface area contributed by atoms with Gasteiger partial charge >= 0.3 is 5.97 Å². The van der Waals surface area contributed by atoms with Crippen molar-refractivity contribution in [3.63, 3.8) is 0 Å². The second kappa shape index (κ2) is 5.59. The molecule has 3 nitrogen and oxygen atoms in total. The van der Waals surface area contributed by atoms with Gasteiger partial charge in [-0.15, -0.1) is 11.3 Å². The summed E-state index contributed by atoms with van der Waals surface area (Å²) in [6.07, 6.45) is 0.844. The van der Waals surface area contributed by atoms with Gasteiger partial charge in [0.2, 0.25) is 0 Å². The van der Waals surface area contributed by atoms with Gasteiger partial charge in [-0.25, -0.2) is 9.78 Å². The molecule has 0 atom stereocenters. The number of nitrogens with zero attached hydrogens (tertiary/aromatic N) is 1. The predicted octanol–water partition coefficient (Wildman–Crippen LogP) is 3.06. The number of benzene rings is 1. The Bertz CT molecular complexity index is 493. The number of ether oxygens (including phenoxy) is 1. The highest BCUT2D eigenvalue weighted by molar-refractivity contribution is 7.09. The Labute approximate surface area is 104 Å². The molecule has 0 unspecified atom stereocenters. The Morgan fingerprint density at radius 3 is 2.76 bits per heavy atom. The van der Waals surface area contributed by atoms with Crippen LogP contribution in [0.1, 0.15) is 28.0 Å². The van der Waals surface area contributed by atoms with Crippen molar-refractivity contribution in [3.8, 4) is 0 Å². The van der Waals surface area contributed by atoms with Crippen LogP contribution in [0.4, 0.5) is 0 Å². The number of esters is 1. The summed E-state index contributed by atoms with van der Waals surface area (Å²) < 4.78 is 5.18. The average Bonchev–Trinajstić information content (AvgIpc) is 2.86. The number of aromatic nitrogens is 1. The summed E-state index contributed by atoms with van der Waals surface area (Å²) in [6, 6.07) is 9.61. The van der Waals surface area contributed by atoms with Crippen molar-refractivity contribution in [1.82, 2.24) is 4.98 Å². The van der Waals surface area contributed by atoms with E-state index in [4.69, 9.17) is 4.74 Å². The fourth-order valence-electron chi connectivity index (χ4n) is 1.36. The van der Waals surface area contributed by atoms with Gasteiger partial charge in [-0.3, -0.25) is 0 Å². The maximum Gasteiger partial charge on any atom is 0.358 e. The molecule has 2 aromatic rings. The molecule has 17 heavy (non-hydrogen) atoms. The summed E-state index contributed by atoms with van der Waals surface area (Å²) in [5, 5.41) is 2.70. The molecule has 0 spiro atoms. The Kier molecular flexibility index (Phi) is 3.88. The van der Waals surface area contributed by atoms with Crippen LogP contribution in [-0.2, 0) is 17.8 Å². The smallest absolute Gasteiger partial charge is 0.358 e. The fourth-order valence-corrected chi connectivity index (χ4v) is 2.08. The number of thiazole rings is 1. The van der Waals surface area contributed by atoms with E-state index in [9.17, 15) is 4.79 Å². The summed E-state index contributed by atoms with van der Waals surface area (Å²) in [7, 11) is 0. The van der Waals surface area contributed by atoms with Crippen LogP contribution in [0.25, 0.3) is 0 Å². The third-order valence-corrected chi connectivity index (χ3v) is 3.27. The average molecular weight is 247 g/mol. The summed E-state index contributed by atoms with van der Waals surface area (Å²) in [4.78, 5) is 15.9. The van der Waals surface area contributed by atoms with Gasteiger partial charge in [-0.1, -0.05) is 37.3 Å². The first-order valence-electron chi connectivity index (χ1n) is 5.45. The molecular weight excluding hydrogens is 234 g/mol. The standard InChI is InChI=1S/C13H13NO2S/c1-2-12-14-11(9-17-12)13(15)16-8-10-6-4-3-5-7-10/h3-7,9H,2,8H2,1H3. The highest BCUT2D eigenvalue weighted by atomic mass is 32.1. The number of hydrogen-bond acceptors (Lipinski definition) is 4. The van der Waals surface area contributed by atoms with Crippen molar-refractivity contribution in [3.05, 3.63) is 52.0 Å². The van der Waals surface area contributed by atoms with Crippen molar-refractivity contribution in [2.45, 2.75) is 20.0 Å². The lowest BCUT2D eigenvalue weighted by Gasteiger charge is -2.02. The Balaban J connectivity index is 1.93. The first-order chi connectivity index (χ1) is 8.29. The molecule has 4 heteroatoms. The van der Waals surface area contributed by atoms with Crippen molar-refractivity contribution >= 4 is 17.3 Å². The summed E-state index contributed by atoms with van der Waals surface area (Å²) >= 11 is 1.49. The monoisotopic (exact) mass is 247 g/mol. The molecule has 0 amide bonds. The molecular formula is C13H13NO2S. The molecule has 0 fully saturated rings. The number of hydrogen-bond donors (Lipinski definition) is 0. The third kappa shape index (κ3) is 3.14. The van der Waals surface area contributed by atoms with E-state index in [1.807, 2.05) is 37.3 Å². The molecule has 0 bridgehead atoms. The zero-order valence-electron chi connectivity index (χ0n) is 9.55. The molecule has 0 saturated heterocycles. The van der Waals surface area contributed by atoms with Gasteiger partial charge in [0.25, 0.3) is 0 Å². The topological polar surface area (TPSA) is 39.2 Å². The van der Waals surface area contributed by atoms with Crippen LogP contribution in [0.3, 0.4) is 0 Å². The zero-order valence-corrected chi connectivity index (χ0v) is 10.4. The quantitative estimate of drug-likeness (QED) is 0.779. The highest BCUT2D eigenvalue weighted by Gasteiger charge is 2.11. The van der Waals surface area contributed by atoms with Crippen LogP contribution in [0.15, 0.2) is 35.7 Å². The second-order valence-corrected chi connectivity index (χ2v) is 4.48. The Morgan fingerprint density at radius 1 is 1.35 bits per heavy atom. The normalized spacial score (nSPS) is 10.2. The minimum Gasteiger partial charge on any atom is -0.456 e. The molecule has 0 aliphatic carbocycles. The highest BCUT2D eigenvalue weighted by Crippen LogP contribution is 2.12. The van der Waals surface area contributed by atoms with E-state index in [-0.39, 0.29) is 5.97 Å². The van der Waals surface area contributed by atoms with E-state index < -0.39 is 0 Å². The lowest BCUT2D eigenvalue weighted by Crippen LogP contribution is -2.05. The Hall–Kier alpha value is -1.68. The number of aryl methyl sites for hydroxylation is 1. The van der Waals surface area contributed by atoms with E-state index >= 15 is 0 Å². The van der Waals surface area contributed by atoms with Crippen molar-refractivity contribution in [1.29, 1.82) is 0 Å². The maximum atomic E-state index is 11.7. The van der Waals surface area contributed by atoms with E-state index in [0.29, 0.717) is 12.3 Å². The molecule has 1 aromatic heterocycles. The van der Waals surface area contributed by atoms with Gasteiger partial charge in [0.05, 0.1) is 5.01 Å². The lowest BCUT2D eigenvalue weighted by atomic mass is 10.2. The Morgan fingerprint density at radius 2 is 2.12 bits per heavy atom. The fraction of sp³-hybridized carbons (Fsp3) is 0.231. The molecule has 0 aliphatic rings. The number of carbonyl (C=O) groups excluding carboxylic acids is 1. The van der Waals surface area contributed by atoms with E-state index in [2.05, 4.69) is 4.98 Å². The lowest BCUT2D eigenvalue weighted by molar-refractivity contribution is 0.0466. The SMILES string of the molecule is CCc1nc(C(=O)OCc2ccccc2)cs1. The minimum atomic E-state index is -0.357. The molecule has 0 saturated carbocycles. The van der Waals surface area contributed by atoms with Gasteiger partial charge in [0.15, 0.2) is 5.69 Å². The molecule has 1 aromatic carbocycles. The first-order valence-corrected chi connectivity index (χ1v) is 6.33. The summed E-state index contributed by atoms with van der Waals surface area (Å²) in [6.45, 7) is 2.30. The van der Waals surface area contributed by atoms with Gasteiger partial charge in [-0.2, -0.15) is 0 Å². The van der Waals surface area contributed by atoms with E-state index in [1.165, 1.54) is 11.3 Å². The molecule has 0 radical (unpaired) electrons. The maximum absolute atomic E-state index is 11.7. The second-order valence-electron chi connectivity index (χ2n) is 3.54. The first kappa shape index (κ1) is 11.8.